The average Bonchev–Trinajstić information content (AvgIpc) is 2.83. The lowest BCUT2D eigenvalue weighted by molar-refractivity contribution is -0.145. The maximum Gasteiger partial charge on any atom is 0.332 e. The van der Waals surface area contributed by atoms with Gasteiger partial charge in [-0.3, -0.25) is 9.59 Å². The Labute approximate surface area is 261 Å². The van der Waals surface area contributed by atoms with E-state index in [1.54, 1.807) is 13.0 Å². The normalized spacial score (nSPS) is 12.0. The predicted molar refractivity (Wildman–Crippen MR) is 177 cm³/mol. The molecule has 8 heteroatoms. The van der Waals surface area contributed by atoms with Gasteiger partial charge in [0.25, 0.3) is 0 Å². The standard InChI is InChI=1S/C12H22O.C10H18O2.C10H16O2.C3H6O3/c1-4-5-6-7-8-9-11(2)10-12(3)13;2*1-8(2)5-4-6-9(3)7-10(11)12;1-2(4)3(5)6/h10H,4-9H2,1-3H3;5,9H,4,6-7H2,1-3H3,(H,11,12);5,7H,4,6H2,1-3H3,(H,11,12);2,4H,1H3,(H,5,6)/b11-10+;;;. The number of carbonyl (C=O) groups is 4. The Morgan fingerprint density at radius 3 is 1.53 bits per heavy atom. The predicted octanol–water partition coefficient (Wildman–Crippen LogP) is 8.94. The van der Waals surface area contributed by atoms with Gasteiger partial charge in [0.15, 0.2) is 5.78 Å². The van der Waals surface area contributed by atoms with Gasteiger partial charge in [-0.2, -0.15) is 0 Å². The molecule has 0 bridgehead atoms. The zero-order chi connectivity index (χ0) is 34.4. The van der Waals surface area contributed by atoms with Crippen LogP contribution >= 0.6 is 0 Å². The lowest BCUT2D eigenvalue weighted by atomic mass is 10.0. The Morgan fingerprint density at radius 2 is 1.14 bits per heavy atom. The summed E-state index contributed by atoms with van der Waals surface area (Å²) >= 11 is 0. The van der Waals surface area contributed by atoms with Gasteiger partial charge in [0.2, 0.25) is 0 Å². The third-order valence-corrected chi connectivity index (χ3v) is 5.68. The molecule has 0 rings (SSSR count). The highest BCUT2D eigenvalue weighted by Gasteiger charge is 2.05. The van der Waals surface area contributed by atoms with Gasteiger partial charge < -0.3 is 20.4 Å². The summed E-state index contributed by atoms with van der Waals surface area (Å²) in [5.74, 6) is -2.27. The molecular formula is C35H62O8. The summed E-state index contributed by atoms with van der Waals surface area (Å²) in [4.78, 5) is 40.7. The molecule has 0 aliphatic heterocycles. The number of hydrogen-bond donors (Lipinski definition) is 4. The van der Waals surface area contributed by atoms with E-state index in [2.05, 4.69) is 32.9 Å². The maximum absolute atomic E-state index is 10.7. The molecule has 43 heavy (non-hydrogen) atoms. The summed E-state index contributed by atoms with van der Waals surface area (Å²) < 4.78 is 0. The molecule has 2 unspecified atom stereocenters. The molecule has 8 nitrogen and oxygen atoms in total. The number of allylic oxidation sites excluding steroid dienone is 7. The molecule has 0 saturated carbocycles. The second-order valence-corrected chi connectivity index (χ2v) is 11.5. The second-order valence-electron chi connectivity index (χ2n) is 11.5. The summed E-state index contributed by atoms with van der Waals surface area (Å²) in [6.07, 6.45) is 17.7. The minimum Gasteiger partial charge on any atom is -0.481 e. The van der Waals surface area contributed by atoms with Crippen LogP contribution in [0.2, 0.25) is 0 Å². The van der Waals surface area contributed by atoms with Gasteiger partial charge in [-0.1, -0.05) is 74.0 Å². The quantitative estimate of drug-likeness (QED) is 0.0724. The van der Waals surface area contributed by atoms with Crippen LogP contribution in [-0.4, -0.2) is 50.2 Å². The number of hydrogen-bond acceptors (Lipinski definition) is 5. The molecule has 0 radical (unpaired) electrons. The minimum atomic E-state index is -1.23. The number of aliphatic hydroxyl groups is 1. The third-order valence-electron chi connectivity index (χ3n) is 5.68. The number of ketones is 1. The van der Waals surface area contributed by atoms with Crippen LogP contribution in [-0.2, 0) is 19.2 Å². The lowest BCUT2D eigenvalue weighted by Gasteiger charge is -2.05. The monoisotopic (exact) mass is 610 g/mol. The van der Waals surface area contributed by atoms with Crippen molar-refractivity contribution in [2.24, 2.45) is 5.92 Å². The lowest BCUT2D eigenvalue weighted by Crippen LogP contribution is -2.13. The fraction of sp³-hybridized carbons (Fsp3) is 0.657. The molecule has 0 amide bonds. The first-order valence-electron chi connectivity index (χ1n) is 15.3. The zero-order valence-corrected chi connectivity index (χ0v) is 28.7. The van der Waals surface area contributed by atoms with Gasteiger partial charge in [-0.25, -0.2) is 9.59 Å². The van der Waals surface area contributed by atoms with Crippen molar-refractivity contribution < 1.29 is 39.6 Å². The smallest absolute Gasteiger partial charge is 0.332 e. The van der Waals surface area contributed by atoms with Gasteiger partial charge >= 0.3 is 17.9 Å². The van der Waals surface area contributed by atoms with Crippen molar-refractivity contribution in [3.05, 3.63) is 46.6 Å². The Morgan fingerprint density at radius 1 is 0.674 bits per heavy atom. The van der Waals surface area contributed by atoms with Gasteiger partial charge in [0.1, 0.15) is 6.10 Å². The summed E-state index contributed by atoms with van der Waals surface area (Å²) in [5.41, 5.74) is 4.72. The number of carboxylic acids is 3. The number of carbonyl (C=O) groups excluding carboxylic acids is 1. The van der Waals surface area contributed by atoms with Crippen molar-refractivity contribution in [1.29, 1.82) is 0 Å². The average molecular weight is 611 g/mol. The van der Waals surface area contributed by atoms with Crippen molar-refractivity contribution in [2.75, 3.05) is 0 Å². The Hall–Kier alpha value is -3.00. The van der Waals surface area contributed by atoms with Gasteiger partial charge in [0.05, 0.1) is 0 Å². The van der Waals surface area contributed by atoms with Crippen LogP contribution in [0.25, 0.3) is 0 Å². The number of rotatable bonds is 17. The van der Waals surface area contributed by atoms with Crippen molar-refractivity contribution in [3.8, 4) is 0 Å². The largest absolute Gasteiger partial charge is 0.481 e. The van der Waals surface area contributed by atoms with Gasteiger partial charge in [0, 0.05) is 12.5 Å². The molecule has 2 atom stereocenters. The molecule has 0 fully saturated rings. The van der Waals surface area contributed by atoms with E-state index >= 15 is 0 Å². The maximum atomic E-state index is 10.7. The molecule has 4 N–H and O–H groups in total. The van der Waals surface area contributed by atoms with E-state index in [-0.39, 0.29) is 18.1 Å². The fourth-order valence-electron chi connectivity index (χ4n) is 3.35. The fourth-order valence-corrected chi connectivity index (χ4v) is 3.35. The molecule has 0 aromatic rings. The number of unbranched alkanes of at least 4 members (excludes halogenated alkanes) is 4. The van der Waals surface area contributed by atoms with E-state index in [4.69, 9.17) is 20.4 Å². The first-order valence-corrected chi connectivity index (χ1v) is 15.3. The van der Waals surface area contributed by atoms with E-state index in [0.29, 0.717) is 0 Å². The van der Waals surface area contributed by atoms with Crippen LogP contribution in [0.5, 0.6) is 0 Å². The molecule has 0 saturated heterocycles. The molecule has 0 aromatic carbocycles. The molecule has 0 aromatic heterocycles. The molecule has 250 valence electrons. The van der Waals surface area contributed by atoms with E-state index in [1.807, 2.05) is 34.6 Å². The first-order chi connectivity index (χ1) is 19.8. The van der Waals surface area contributed by atoms with E-state index in [0.717, 1.165) is 37.7 Å². The van der Waals surface area contributed by atoms with Crippen LogP contribution in [0.3, 0.4) is 0 Å². The molecular weight excluding hydrogens is 548 g/mol. The Kier molecular flexibility index (Phi) is 34.9. The van der Waals surface area contributed by atoms with Gasteiger partial charge in [-0.15, -0.1) is 0 Å². The van der Waals surface area contributed by atoms with E-state index in [9.17, 15) is 19.2 Å². The molecule has 0 heterocycles. The topological polar surface area (TPSA) is 149 Å². The Balaban J connectivity index is -0.000000243. The van der Waals surface area contributed by atoms with Crippen molar-refractivity contribution >= 4 is 23.7 Å². The highest BCUT2D eigenvalue weighted by molar-refractivity contribution is 5.87. The van der Waals surface area contributed by atoms with Crippen molar-refractivity contribution in [2.45, 2.75) is 146 Å². The first kappa shape index (κ1) is 46.9. The molecule has 0 aliphatic rings. The van der Waals surface area contributed by atoms with Crippen LogP contribution < -0.4 is 0 Å². The number of aliphatic hydroxyl groups excluding tert-OH is 1. The van der Waals surface area contributed by atoms with Crippen LogP contribution in [0.15, 0.2) is 46.6 Å². The summed E-state index contributed by atoms with van der Waals surface area (Å²) in [7, 11) is 0. The SMILES string of the molecule is CC(C)=CCCC(C)=CC(=O)O.CC(C)=CCCC(C)CC(=O)O.CC(O)C(=O)O.CCCCCCC/C(C)=C/C(C)=O. The zero-order valence-electron chi connectivity index (χ0n) is 28.7. The second kappa shape index (κ2) is 31.9. The van der Waals surface area contributed by atoms with Crippen LogP contribution in [0.4, 0.5) is 0 Å². The summed E-state index contributed by atoms with van der Waals surface area (Å²) in [6, 6.07) is 0. The highest BCUT2D eigenvalue weighted by Crippen LogP contribution is 2.12. The van der Waals surface area contributed by atoms with E-state index in [1.165, 1.54) is 61.8 Å². The molecule has 0 spiro atoms. The Bertz CT molecular complexity index is 884. The third kappa shape index (κ3) is 52.1. The van der Waals surface area contributed by atoms with Crippen LogP contribution in [0.1, 0.15) is 140 Å². The minimum absolute atomic E-state index is 0.172. The number of aliphatic carboxylic acids is 3. The van der Waals surface area contributed by atoms with Crippen LogP contribution in [0, 0.1) is 5.92 Å². The number of carboxylic acid groups (broad SMARTS) is 3. The summed E-state index contributed by atoms with van der Waals surface area (Å²) in [6.45, 7) is 19.1. The van der Waals surface area contributed by atoms with Gasteiger partial charge in [-0.05, 0) is 106 Å². The summed E-state index contributed by atoms with van der Waals surface area (Å²) in [5, 5.41) is 32.6. The van der Waals surface area contributed by atoms with Crippen molar-refractivity contribution in [3.63, 3.8) is 0 Å². The van der Waals surface area contributed by atoms with Crippen molar-refractivity contribution in [1.82, 2.24) is 0 Å². The molecule has 0 aliphatic carbocycles. The highest BCUT2D eigenvalue weighted by atomic mass is 16.4. The van der Waals surface area contributed by atoms with E-state index < -0.39 is 24.0 Å².